The second-order valence-electron chi connectivity index (χ2n) is 6.59. The first-order valence-electron chi connectivity index (χ1n) is 8.19. The molecular formula is C17H31N. The van der Waals surface area contributed by atoms with Crippen molar-refractivity contribution in [2.45, 2.75) is 77.7 Å². The third kappa shape index (κ3) is 4.12. The lowest BCUT2D eigenvalue weighted by atomic mass is 9.74. The van der Waals surface area contributed by atoms with E-state index in [1.807, 2.05) is 0 Å². The average Bonchev–Trinajstić information content (AvgIpc) is 2.41. The van der Waals surface area contributed by atoms with Crippen LogP contribution in [-0.4, -0.2) is 12.6 Å². The molecule has 0 bridgehead atoms. The maximum absolute atomic E-state index is 3.70. The first kappa shape index (κ1) is 14.1. The second-order valence-corrected chi connectivity index (χ2v) is 6.59. The van der Waals surface area contributed by atoms with E-state index in [1.54, 1.807) is 5.57 Å². The Hall–Kier alpha value is -0.300. The molecule has 1 unspecified atom stereocenters. The predicted octanol–water partition coefficient (Wildman–Crippen LogP) is 4.68. The highest BCUT2D eigenvalue weighted by molar-refractivity contribution is 5.12. The molecule has 0 aromatic heterocycles. The smallest absolute Gasteiger partial charge is 0.00219 e. The molecule has 18 heavy (non-hydrogen) atoms. The molecule has 1 fully saturated rings. The van der Waals surface area contributed by atoms with Gasteiger partial charge in [-0.1, -0.05) is 44.8 Å². The van der Waals surface area contributed by atoms with Gasteiger partial charge in [0.15, 0.2) is 0 Å². The molecule has 2 aliphatic rings. The van der Waals surface area contributed by atoms with Gasteiger partial charge in [-0.15, -0.1) is 0 Å². The molecule has 1 heteroatoms. The fraction of sp³-hybridized carbons (Fsp3) is 0.882. The Kier molecular flexibility index (Phi) is 5.75. The molecule has 1 saturated carbocycles. The molecule has 104 valence electrons. The molecule has 0 spiro atoms. The summed E-state index contributed by atoms with van der Waals surface area (Å²) in [5.41, 5.74) is 1.79. The van der Waals surface area contributed by atoms with Crippen molar-refractivity contribution in [3.63, 3.8) is 0 Å². The van der Waals surface area contributed by atoms with E-state index in [4.69, 9.17) is 0 Å². The van der Waals surface area contributed by atoms with Crippen LogP contribution in [0, 0.1) is 11.8 Å². The van der Waals surface area contributed by atoms with Crippen LogP contribution in [0.25, 0.3) is 0 Å². The average molecular weight is 249 g/mol. The fourth-order valence-corrected chi connectivity index (χ4v) is 3.70. The molecule has 0 aliphatic heterocycles. The van der Waals surface area contributed by atoms with E-state index in [9.17, 15) is 0 Å². The Morgan fingerprint density at radius 1 is 1.11 bits per heavy atom. The van der Waals surface area contributed by atoms with E-state index in [0.29, 0.717) is 6.04 Å². The van der Waals surface area contributed by atoms with Crippen LogP contribution < -0.4 is 5.32 Å². The van der Waals surface area contributed by atoms with Crippen molar-refractivity contribution in [1.29, 1.82) is 0 Å². The third-order valence-corrected chi connectivity index (χ3v) is 4.77. The van der Waals surface area contributed by atoms with Crippen molar-refractivity contribution in [2.75, 3.05) is 6.54 Å². The lowest BCUT2D eigenvalue weighted by Gasteiger charge is -2.34. The van der Waals surface area contributed by atoms with Crippen molar-refractivity contribution in [2.24, 2.45) is 11.8 Å². The molecule has 2 aliphatic carbocycles. The normalized spacial score (nSPS) is 24.1. The maximum Gasteiger partial charge on any atom is 0.00219 e. The molecule has 1 atom stereocenters. The molecule has 2 rings (SSSR count). The molecule has 0 aromatic carbocycles. The lowest BCUT2D eigenvalue weighted by molar-refractivity contribution is 0.259. The summed E-state index contributed by atoms with van der Waals surface area (Å²) in [6.07, 6.45) is 15.5. The van der Waals surface area contributed by atoms with Crippen LogP contribution in [0.2, 0.25) is 0 Å². The highest BCUT2D eigenvalue weighted by Gasteiger charge is 2.26. The minimum Gasteiger partial charge on any atom is -0.314 e. The second kappa shape index (κ2) is 7.33. The van der Waals surface area contributed by atoms with Crippen LogP contribution in [0.5, 0.6) is 0 Å². The number of nitrogens with one attached hydrogen (secondary N) is 1. The van der Waals surface area contributed by atoms with Gasteiger partial charge >= 0.3 is 0 Å². The van der Waals surface area contributed by atoms with E-state index in [-0.39, 0.29) is 0 Å². The number of hydrogen-bond donors (Lipinski definition) is 1. The largest absolute Gasteiger partial charge is 0.314 e. The Morgan fingerprint density at radius 3 is 2.50 bits per heavy atom. The van der Waals surface area contributed by atoms with Crippen molar-refractivity contribution in [3.8, 4) is 0 Å². The number of allylic oxidation sites excluding steroid dienone is 1. The summed E-state index contributed by atoms with van der Waals surface area (Å²) in [6.45, 7) is 5.76. The summed E-state index contributed by atoms with van der Waals surface area (Å²) in [5, 5.41) is 3.70. The number of hydrogen-bond acceptors (Lipinski definition) is 1. The Bertz CT molecular complexity index is 261. The van der Waals surface area contributed by atoms with Gasteiger partial charge in [-0.25, -0.2) is 0 Å². The molecule has 0 radical (unpaired) electrons. The van der Waals surface area contributed by atoms with Gasteiger partial charge in [0.1, 0.15) is 0 Å². The molecule has 0 aromatic rings. The highest BCUT2D eigenvalue weighted by Crippen LogP contribution is 2.36. The van der Waals surface area contributed by atoms with Gasteiger partial charge in [0.2, 0.25) is 0 Å². The van der Waals surface area contributed by atoms with Crippen LogP contribution in [0.3, 0.4) is 0 Å². The van der Waals surface area contributed by atoms with Gasteiger partial charge in [0.25, 0.3) is 0 Å². The SMILES string of the molecule is CC(C)NCC(C1=CCCCC1)C1CCCCC1. The highest BCUT2D eigenvalue weighted by atomic mass is 14.9. The molecule has 1 N–H and O–H groups in total. The standard InChI is InChI=1S/C17H31N/c1-14(2)18-13-17(15-9-5-3-6-10-15)16-11-7-4-8-12-16/h9,14,16-18H,3-8,10-13H2,1-2H3. The molecule has 0 heterocycles. The van der Waals surface area contributed by atoms with Gasteiger partial charge in [-0.2, -0.15) is 0 Å². The molecular weight excluding hydrogens is 218 g/mol. The van der Waals surface area contributed by atoms with Crippen LogP contribution in [0.15, 0.2) is 11.6 Å². The van der Waals surface area contributed by atoms with Crippen molar-refractivity contribution < 1.29 is 0 Å². The predicted molar refractivity (Wildman–Crippen MR) is 79.8 cm³/mol. The van der Waals surface area contributed by atoms with E-state index >= 15 is 0 Å². The molecule has 0 saturated heterocycles. The zero-order valence-corrected chi connectivity index (χ0v) is 12.4. The van der Waals surface area contributed by atoms with Gasteiger partial charge in [-0.05, 0) is 50.4 Å². The van der Waals surface area contributed by atoms with Gasteiger partial charge in [0.05, 0.1) is 0 Å². The lowest BCUT2D eigenvalue weighted by Crippen LogP contribution is -2.34. The zero-order valence-electron chi connectivity index (χ0n) is 12.4. The monoisotopic (exact) mass is 249 g/mol. The van der Waals surface area contributed by atoms with Crippen molar-refractivity contribution >= 4 is 0 Å². The van der Waals surface area contributed by atoms with Crippen LogP contribution in [0.4, 0.5) is 0 Å². The Balaban J connectivity index is 1.98. The molecule has 1 nitrogen and oxygen atoms in total. The van der Waals surface area contributed by atoms with E-state index in [1.165, 1.54) is 64.3 Å². The molecule has 0 amide bonds. The Labute approximate surface area is 113 Å². The minimum absolute atomic E-state index is 0.625. The first-order chi connectivity index (χ1) is 8.77. The fourth-order valence-electron chi connectivity index (χ4n) is 3.70. The van der Waals surface area contributed by atoms with Crippen LogP contribution >= 0.6 is 0 Å². The summed E-state index contributed by atoms with van der Waals surface area (Å²) in [6, 6.07) is 0.625. The van der Waals surface area contributed by atoms with E-state index in [0.717, 1.165) is 11.8 Å². The van der Waals surface area contributed by atoms with Crippen LogP contribution in [-0.2, 0) is 0 Å². The van der Waals surface area contributed by atoms with Crippen LogP contribution in [0.1, 0.15) is 71.6 Å². The summed E-state index contributed by atoms with van der Waals surface area (Å²) < 4.78 is 0. The Morgan fingerprint density at radius 2 is 1.89 bits per heavy atom. The van der Waals surface area contributed by atoms with Crippen molar-refractivity contribution in [3.05, 3.63) is 11.6 Å². The minimum atomic E-state index is 0.625. The first-order valence-corrected chi connectivity index (χ1v) is 8.19. The summed E-state index contributed by atoms with van der Waals surface area (Å²) in [4.78, 5) is 0. The van der Waals surface area contributed by atoms with E-state index < -0.39 is 0 Å². The zero-order chi connectivity index (χ0) is 12.8. The summed E-state index contributed by atoms with van der Waals surface area (Å²) in [5.74, 6) is 1.81. The number of rotatable bonds is 5. The maximum atomic E-state index is 3.70. The summed E-state index contributed by atoms with van der Waals surface area (Å²) >= 11 is 0. The topological polar surface area (TPSA) is 12.0 Å². The van der Waals surface area contributed by atoms with Crippen molar-refractivity contribution in [1.82, 2.24) is 5.32 Å². The van der Waals surface area contributed by atoms with Gasteiger partial charge in [0, 0.05) is 12.6 Å². The van der Waals surface area contributed by atoms with E-state index in [2.05, 4.69) is 25.2 Å². The third-order valence-electron chi connectivity index (χ3n) is 4.77. The van der Waals surface area contributed by atoms with Gasteiger partial charge < -0.3 is 5.32 Å². The quantitative estimate of drug-likeness (QED) is 0.698. The summed E-state index contributed by atoms with van der Waals surface area (Å²) in [7, 11) is 0. The van der Waals surface area contributed by atoms with Gasteiger partial charge in [-0.3, -0.25) is 0 Å².